The van der Waals surface area contributed by atoms with E-state index in [4.69, 9.17) is 4.42 Å². The number of benzene rings is 1. The quantitative estimate of drug-likeness (QED) is 0.730. The van der Waals surface area contributed by atoms with Crippen LogP contribution < -0.4 is 10.6 Å². The fourth-order valence-electron chi connectivity index (χ4n) is 4.14. The number of urea groups is 1. The second-order valence-corrected chi connectivity index (χ2v) is 8.64. The van der Waals surface area contributed by atoms with Crippen molar-refractivity contribution in [1.82, 2.24) is 15.5 Å². The van der Waals surface area contributed by atoms with Crippen molar-refractivity contribution in [3.8, 4) is 0 Å². The number of nitrogens with one attached hydrogen (secondary N) is 2. The van der Waals surface area contributed by atoms with E-state index in [-0.39, 0.29) is 18.0 Å². The molecule has 0 bridgehead atoms. The predicted octanol–water partition coefficient (Wildman–Crippen LogP) is 4.43. The van der Waals surface area contributed by atoms with E-state index in [0.717, 1.165) is 35.5 Å². The molecule has 1 aliphatic carbocycles. The zero-order valence-electron chi connectivity index (χ0n) is 15.9. The van der Waals surface area contributed by atoms with Gasteiger partial charge in [0, 0.05) is 30.6 Å². The molecule has 0 unspecified atom stereocenters. The van der Waals surface area contributed by atoms with Crippen molar-refractivity contribution in [3.63, 3.8) is 0 Å². The van der Waals surface area contributed by atoms with E-state index in [2.05, 4.69) is 26.6 Å². The van der Waals surface area contributed by atoms with E-state index in [9.17, 15) is 9.59 Å². The topological polar surface area (TPSA) is 74.6 Å². The zero-order valence-corrected chi connectivity index (χ0v) is 17.5. The standard InChI is InChI=1S/C21H26BrN3O3/c22-17-8-4-5-14-13-18(28-19(14)17)20(26)23-16-9-11-25(12-10-16)21(27)24-15-6-2-1-3-7-15/h4-5,8,13,15-16H,1-3,6-7,9-12H2,(H,23,26)(H,24,27). The van der Waals surface area contributed by atoms with Crippen LogP contribution in [0.5, 0.6) is 0 Å². The maximum Gasteiger partial charge on any atom is 0.317 e. The van der Waals surface area contributed by atoms with Gasteiger partial charge in [0.05, 0.1) is 4.47 Å². The highest BCUT2D eigenvalue weighted by Crippen LogP contribution is 2.27. The van der Waals surface area contributed by atoms with Gasteiger partial charge < -0.3 is 20.0 Å². The number of hydrogen-bond donors (Lipinski definition) is 2. The molecule has 2 aliphatic rings. The Bertz CT molecular complexity index is 852. The summed E-state index contributed by atoms with van der Waals surface area (Å²) in [6.07, 6.45) is 7.38. The Morgan fingerprint density at radius 3 is 2.43 bits per heavy atom. The molecule has 1 aromatic heterocycles. The van der Waals surface area contributed by atoms with Crippen LogP contribution in [0.2, 0.25) is 0 Å². The Hall–Kier alpha value is -2.02. The van der Waals surface area contributed by atoms with Crippen LogP contribution in [0.1, 0.15) is 55.5 Å². The number of para-hydroxylation sites is 1. The van der Waals surface area contributed by atoms with Crippen LogP contribution in [-0.4, -0.2) is 42.0 Å². The Balaban J connectivity index is 1.28. The van der Waals surface area contributed by atoms with E-state index in [1.807, 2.05) is 23.1 Å². The summed E-state index contributed by atoms with van der Waals surface area (Å²) in [6.45, 7) is 1.32. The number of hydrogen-bond acceptors (Lipinski definition) is 3. The zero-order chi connectivity index (χ0) is 19.5. The van der Waals surface area contributed by atoms with Gasteiger partial charge in [0.2, 0.25) is 0 Å². The summed E-state index contributed by atoms with van der Waals surface area (Å²) in [6, 6.07) is 7.92. The molecule has 6 nitrogen and oxygen atoms in total. The van der Waals surface area contributed by atoms with Crippen molar-refractivity contribution in [2.45, 2.75) is 57.0 Å². The van der Waals surface area contributed by atoms with Crippen LogP contribution in [0.25, 0.3) is 11.0 Å². The lowest BCUT2D eigenvalue weighted by Crippen LogP contribution is -2.51. The van der Waals surface area contributed by atoms with Crippen molar-refractivity contribution in [2.24, 2.45) is 0 Å². The third kappa shape index (κ3) is 4.35. The van der Waals surface area contributed by atoms with Crippen LogP contribution in [0, 0.1) is 0 Å². The summed E-state index contributed by atoms with van der Waals surface area (Å²) in [4.78, 5) is 26.9. The monoisotopic (exact) mass is 447 g/mol. The maximum absolute atomic E-state index is 12.6. The van der Waals surface area contributed by atoms with Gasteiger partial charge in [-0.15, -0.1) is 0 Å². The number of amides is 3. The number of halogens is 1. The number of likely N-dealkylation sites (tertiary alicyclic amines) is 1. The first-order chi connectivity index (χ1) is 13.6. The van der Waals surface area contributed by atoms with Crippen molar-refractivity contribution >= 4 is 38.8 Å². The van der Waals surface area contributed by atoms with E-state index < -0.39 is 0 Å². The van der Waals surface area contributed by atoms with Gasteiger partial charge in [0.25, 0.3) is 5.91 Å². The molecule has 4 rings (SSSR count). The number of carbonyl (C=O) groups excluding carboxylic acids is 2. The van der Waals surface area contributed by atoms with Gasteiger partial charge in [-0.1, -0.05) is 31.4 Å². The molecule has 2 fully saturated rings. The molecule has 0 atom stereocenters. The Morgan fingerprint density at radius 1 is 1.00 bits per heavy atom. The second-order valence-electron chi connectivity index (χ2n) is 7.79. The van der Waals surface area contributed by atoms with Gasteiger partial charge in [-0.25, -0.2) is 4.79 Å². The average Bonchev–Trinajstić information content (AvgIpc) is 3.15. The Morgan fingerprint density at radius 2 is 1.71 bits per heavy atom. The highest BCUT2D eigenvalue weighted by Gasteiger charge is 2.26. The van der Waals surface area contributed by atoms with Gasteiger partial charge in [0.15, 0.2) is 5.76 Å². The lowest BCUT2D eigenvalue weighted by atomic mass is 9.95. The first-order valence-electron chi connectivity index (χ1n) is 10.1. The van der Waals surface area contributed by atoms with E-state index in [1.54, 1.807) is 6.07 Å². The van der Waals surface area contributed by atoms with Crippen LogP contribution in [0.15, 0.2) is 33.2 Å². The first-order valence-corrected chi connectivity index (χ1v) is 10.9. The van der Waals surface area contributed by atoms with E-state index in [1.165, 1.54) is 19.3 Å². The number of nitrogens with zero attached hydrogens (tertiary/aromatic N) is 1. The maximum atomic E-state index is 12.6. The summed E-state index contributed by atoms with van der Waals surface area (Å²) in [5.74, 6) is 0.118. The Labute approximate surface area is 173 Å². The predicted molar refractivity (Wildman–Crippen MR) is 111 cm³/mol. The van der Waals surface area contributed by atoms with Crippen molar-refractivity contribution in [3.05, 3.63) is 34.5 Å². The largest absolute Gasteiger partial charge is 0.450 e. The third-order valence-corrected chi connectivity index (χ3v) is 6.39. The summed E-state index contributed by atoms with van der Waals surface area (Å²) in [7, 11) is 0. The number of carbonyl (C=O) groups is 2. The number of piperidine rings is 1. The highest BCUT2D eigenvalue weighted by atomic mass is 79.9. The van der Waals surface area contributed by atoms with Gasteiger partial charge in [-0.3, -0.25) is 4.79 Å². The smallest absolute Gasteiger partial charge is 0.317 e. The minimum atomic E-state index is -0.201. The minimum Gasteiger partial charge on any atom is -0.450 e. The third-order valence-electron chi connectivity index (χ3n) is 5.77. The van der Waals surface area contributed by atoms with Gasteiger partial charge >= 0.3 is 6.03 Å². The van der Waals surface area contributed by atoms with Crippen LogP contribution in [0.4, 0.5) is 4.79 Å². The Kier molecular flexibility index (Phi) is 5.90. The molecule has 1 aromatic carbocycles. The number of furan rings is 1. The molecule has 0 spiro atoms. The van der Waals surface area contributed by atoms with Crippen LogP contribution >= 0.6 is 15.9 Å². The van der Waals surface area contributed by atoms with Gasteiger partial charge in [-0.05, 0) is 53.7 Å². The lowest BCUT2D eigenvalue weighted by Gasteiger charge is -2.34. The normalized spacial score (nSPS) is 19.0. The summed E-state index contributed by atoms with van der Waals surface area (Å²) in [5, 5.41) is 7.12. The highest BCUT2D eigenvalue weighted by molar-refractivity contribution is 9.10. The molecule has 2 heterocycles. The molecule has 7 heteroatoms. The first kappa shape index (κ1) is 19.3. The van der Waals surface area contributed by atoms with Crippen molar-refractivity contribution < 1.29 is 14.0 Å². The molecule has 3 amide bonds. The fraction of sp³-hybridized carbons (Fsp3) is 0.524. The average molecular weight is 448 g/mol. The van der Waals surface area contributed by atoms with Crippen LogP contribution in [0.3, 0.4) is 0 Å². The molecular weight excluding hydrogens is 422 g/mol. The van der Waals surface area contributed by atoms with Crippen LogP contribution in [-0.2, 0) is 0 Å². The summed E-state index contributed by atoms with van der Waals surface area (Å²) < 4.78 is 6.55. The molecule has 1 saturated heterocycles. The molecular formula is C21H26BrN3O3. The number of rotatable bonds is 3. The fourth-order valence-corrected chi connectivity index (χ4v) is 4.60. The molecule has 0 radical (unpaired) electrons. The SMILES string of the molecule is O=C(NC1CCN(C(=O)NC2CCCCC2)CC1)c1cc2cccc(Br)c2o1. The van der Waals surface area contributed by atoms with E-state index >= 15 is 0 Å². The molecule has 2 N–H and O–H groups in total. The molecule has 1 aliphatic heterocycles. The summed E-state index contributed by atoms with van der Waals surface area (Å²) in [5.41, 5.74) is 0.682. The molecule has 28 heavy (non-hydrogen) atoms. The van der Waals surface area contributed by atoms with Gasteiger partial charge in [-0.2, -0.15) is 0 Å². The second kappa shape index (κ2) is 8.55. The summed E-state index contributed by atoms with van der Waals surface area (Å²) >= 11 is 3.44. The lowest BCUT2D eigenvalue weighted by molar-refractivity contribution is 0.0891. The van der Waals surface area contributed by atoms with Gasteiger partial charge in [0.1, 0.15) is 5.58 Å². The molecule has 1 saturated carbocycles. The molecule has 2 aromatic rings. The van der Waals surface area contributed by atoms with Crippen molar-refractivity contribution in [2.75, 3.05) is 13.1 Å². The number of fused-ring (bicyclic) bond motifs is 1. The van der Waals surface area contributed by atoms with E-state index in [0.29, 0.717) is 30.5 Å². The minimum absolute atomic E-state index is 0.0406. The van der Waals surface area contributed by atoms with Crippen molar-refractivity contribution in [1.29, 1.82) is 0 Å². The molecule has 150 valence electrons.